The standard InChI is InChI=1S/C17H16Cl3NO3/c1-2-21(12-6-4-3-5-7-12)8-9-23-17(22)24-16-11-14(19)13(18)10-15(16)20/h3-7,10-11H,2,8-9H2,1H3. The summed E-state index contributed by atoms with van der Waals surface area (Å²) in [6.07, 6.45) is -0.848. The van der Waals surface area contributed by atoms with E-state index < -0.39 is 6.16 Å². The second-order valence-electron chi connectivity index (χ2n) is 4.81. The Balaban J connectivity index is 1.86. The molecule has 4 nitrogen and oxygen atoms in total. The van der Waals surface area contributed by atoms with Gasteiger partial charge in [0.1, 0.15) is 6.61 Å². The van der Waals surface area contributed by atoms with Gasteiger partial charge in [0.05, 0.1) is 21.6 Å². The van der Waals surface area contributed by atoms with Crippen molar-refractivity contribution in [1.29, 1.82) is 0 Å². The molecule has 0 spiro atoms. The first kappa shape index (κ1) is 18.7. The van der Waals surface area contributed by atoms with E-state index in [0.717, 1.165) is 12.2 Å². The number of ether oxygens (including phenoxy) is 2. The monoisotopic (exact) mass is 387 g/mol. The number of halogens is 3. The highest BCUT2D eigenvalue weighted by atomic mass is 35.5. The topological polar surface area (TPSA) is 38.8 Å². The normalized spacial score (nSPS) is 10.3. The number of carbonyl (C=O) groups excluding carboxylic acids is 1. The molecule has 0 bridgehead atoms. The highest BCUT2D eigenvalue weighted by Crippen LogP contribution is 2.34. The highest BCUT2D eigenvalue weighted by molar-refractivity contribution is 6.43. The van der Waals surface area contributed by atoms with Gasteiger partial charge in [0, 0.05) is 18.3 Å². The Morgan fingerprint density at radius 3 is 2.38 bits per heavy atom. The van der Waals surface area contributed by atoms with Crippen LogP contribution in [0.1, 0.15) is 6.92 Å². The summed E-state index contributed by atoms with van der Waals surface area (Å²) in [6.45, 7) is 3.55. The molecular formula is C17H16Cl3NO3. The second kappa shape index (κ2) is 9.02. The van der Waals surface area contributed by atoms with Crippen LogP contribution in [0.5, 0.6) is 5.75 Å². The van der Waals surface area contributed by atoms with Crippen LogP contribution in [0.25, 0.3) is 0 Å². The smallest absolute Gasteiger partial charge is 0.432 e. The molecule has 0 unspecified atom stereocenters. The Morgan fingerprint density at radius 1 is 1.04 bits per heavy atom. The lowest BCUT2D eigenvalue weighted by molar-refractivity contribution is 0.101. The van der Waals surface area contributed by atoms with E-state index in [-0.39, 0.29) is 27.4 Å². The van der Waals surface area contributed by atoms with Crippen molar-refractivity contribution in [3.05, 3.63) is 57.5 Å². The Bertz CT molecular complexity index is 695. The molecule has 0 aliphatic carbocycles. The van der Waals surface area contributed by atoms with E-state index in [1.54, 1.807) is 0 Å². The van der Waals surface area contributed by atoms with Crippen LogP contribution in [-0.2, 0) is 4.74 Å². The maximum atomic E-state index is 11.8. The van der Waals surface area contributed by atoms with E-state index >= 15 is 0 Å². The van der Waals surface area contributed by atoms with Gasteiger partial charge in [0.25, 0.3) is 0 Å². The third kappa shape index (κ3) is 5.20. The number of carbonyl (C=O) groups is 1. The summed E-state index contributed by atoms with van der Waals surface area (Å²) in [6, 6.07) is 12.6. The zero-order valence-corrected chi connectivity index (χ0v) is 15.2. The molecule has 0 saturated carbocycles. The van der Waals surface area contributed by atoms with Gasteiger partial charge < -0.3 is 14.4 Å². The molecule has 0 aliphatic heterocycles. The summed E-state index contributed by atoms with van der Waals surface area (Å²) in [4.78, 5) is 13.9. The molecule has 0 N–H and O–H groups in total. The average molecular weight is 389 g/mol. The zero-order valence-electron chi connectivity index (χ0n) is 13.0. The van der Waals surface area contributed by atoms with Crippen molar-refractivity contribution in [1.82, 2.24) is 0 Å². The van der Waals surface area contributed by atoms with Crippen LogP contribution in [0.15, 0.2) is 42.5 Å². The van der Waals surface area contributed by atoms with Gasteiger partial charge in [-0.25, -0.2) is 4.79 Å². The van der Waals surface area contributed by atoms with Crippen LogP contribution in [0.4, 0.5) is 10.5 Å². The highest BCUT2D eigenvalue weighted by Gasteiger charge is 2.13. The molecule has 0 fully saturated rings. The number of likely N-dealkylation sites (N-methyl/N-ethyl adjacent to an activating group) is 1. The minimum atomic E-state index is -0.848. The van der Waals surface area contributed by atoms with Gasteiger partial charge in [-0.15, -0.1) is 0 Å². The fourth-order valence-electron chi connectivity index (χ4n) is 2.05. The molecule has 0 aliphatic rings. The minimum absolute atomic E-state index is 0.103. The number of nitrogens with zero attached hydrogens (tertiary/aromatic N) is 1. The van der Waals surface area contributed by atoms with E-state index in [1.165, 1.54) is 12.1 Å². The van der Waals surface area contributed by atoms with Crippen molar-refractivity contribution in [3.8, 4) is 5.75 Å². The summed E-state index contributed by atoms with van der Waals surface area (Å²) >= 11 is 17.6. The molecular weight excluding hydrogens is 373 g/mol. The number of anilines is 1. The average Bonchev–Trinajstić information content (AvgIpc) is 2.57. The Hall–Kier alpha value is -1.62. The molecule has 2 aromatic carbocycles. The molecule has 0 atom stereocenters. The molecule has 0 saturated heterocycles. The van der Waals surface area contributed by atoms with Crippen LogP contribution in [0.3, 0.4) is 0 Å². The Morgan fingerprint density at radius 2 is 1.71 bits per heavy atom. The quantitative estimate of drug-likeness (QED) is 0.362. The Labute approximate surface area is 155 Å². The predicted octanol–water partition coefficient (Wildman–Crippen LogP) is 5.69. The van der Waals surface area contributed by atoms with Crippen LogP contribution >= 0.6 is 34.8 Å². The predicted molar refractivity (Wildman–Crippen MR) is 97.8 cm³/mol. The van der Waals surface area contributed by atoms with Gasteiger partial charge in [-0.05, 0) is 25.1 Å². The van der Waals surface area contributed by atoms with E-state index in [9.17, 15) is 4.79 Å². The molecule has 2 aromatic rings. The van der Waals surface area contributed by atoms with Crippen molar-refractivity contribution >= 4 is 46.6 Å². The van der Waals surface area contributed by atoms with Gasteiger partial charge >= 0.3 is 6.16 Å². The third-order valence-electron chi connectivity index (χ3n) is 3.25. The van der Waals surface area contributed by atoms with Gasteiger partial charge in [-0.2, -0.15) is 0 Å². The fourth-order valence-corrected chi connectivity index (χ4v) is 2.62. The molecule has 0 aromatic heterocycles. The van der Waals surface area contributed by atoms with Gasteiger partial charge in [0.15, 0.2) is 5.75 Å². The van der Waals surface area contributed by atoms with Gasteiger partial charge in [-0.1, -0.05) is 53.0 Å². The van der Waals surface area contributed by atoms with Crippen LogP contribution in [0.2, 0.25) is 15.1 Å². The first-order valence-electron chi connectivity index (χ1n) is 7.30. The summed E-state index contributed by atoms with van der Waals surface area (Å²) in [7, 11) is 0. The number of rotatable bonds is 6. The van der Waals surface area contributed by atoms with Gasteiger partial charge in [-0.3, -0.25) is 0 Å². The van der Waals surface area contributed by atoms with Crippen molar-refractivity contribution in [2.24, 2.45) is 0 Å². The molecule has 128 valence electrons. The summed E-state index contributed by atoms with van der Waals surface area (Å²) in [5, 5.41) is 0.703. The molecule has 0 amide bonds. The number of hydrogen-bond donors (Lipinski definition) is 0. The summed E-state index contributed by atoms with van der Waals surface area (Å²) in [5.74, 6) is 0.103. The van der Waals surface area contributed by atoms with Crippen LogP contribution in [0, 0.1) is 0 Å². The van der Waals surface area contributed by atoms with Crippen LogP contribution < -0.4 is 9.64 Å². The number of hydrogen-bond acceptors (Lipinski definition) is 4. The van der Waals surface area contributed by atoms with Crippen LogP contribution in [-0.4, -0.2) is 25.9 Å². The lowest BCUT2D eigenvalue weighted by atomic mass is 10.3. The third-order valence-corrected chi connectivity index (χ3v) is 4.27. The largest absolute Gasteiger partial charge is 0.513 e. The first-order valence-corrected chi connectivity index (χ1v) is 8.43. The first-order chi connectivity index (χ1) is 11.5. The van der Waals surface area contributed by atoms with E-state index in [2.05, 4.69) is 4.90 Å². The number of para-hydroxylation sites is 1. The summed E-state index contributed by atoms with van der Waals surface area (Å²) < 4.78 is 10.1. The molecule has 7 heteroatoms. The molecule has 0 radical (unpaired) electrons. The fraction of sp³-hybridized carbons (Fsp3) is 0.235. The molecule has 2 rings (SSSR count). The second-order valence-corrected chi connectivity index (χ2v) is 6.03. The van der Waals surface area contributed by atoms with Crippen molar-refractivity contribution < 1.29 is 14.3 Å². The zero-order chi connectivity index (χ0) is 17.5. The lowest BCUT2D eigenvalue weighted by Gasteiger charge is -2.22. The van der Waals surface area contributed by atoms with Crippen molar-refractivity contribution in [2.45, 2.75) is 6.92 Å². The van der Waals surface area contributed by atoms with Crippen molar-refractivity contribution in [3.63, 3.8) is 0 Å². The van der Waals surface area contributed by atoms with E-state index in [1.807, 2.05) is 37.3 Å². The Kier molecular flexibility index (Phi) is 7.03. The minimum Gasteiger partial charge on any atom is -0.432 e. The maximum Gasteiger partial charge on any atom is 0.513 e. The molecule has 24 heavy (non-hydrogen) atoms. The SMILES string of the molecule is CCN(CCOC(=O)Oc1cc(Cl)c(Cl)cc1Cl)c1ccccc1. The van der Waals surface area contributed by atoms with E-state index in [4.69, 9.17) is 44.3 Å². The summed E-state index contributed by atoms with van der Waals surface area (Å²) in [5.41, 5.74) is 1.06. The number of benzene rings is 2. The van der Waals surface area contributed by atoms with E-state index in [0.29, 0.717) is 6.54 Å². The maximum absolute atomic E-state index is 11.8. The lowest BCUT2D eigenvalue weighted by Crippen LogP contribution is -2.28. The molecule has 0 heterocycles. The van der Waals surface area contributed by atoms with Gasteiger partial charge in [0.2, 0.25) is 0 Å². The van der Waals surface area contributed by atoms with Crippen molar-refractivity contribution in [2.75, 3.05) is 24.6 Å².